The molecular weight excluding hydrogens is 222 g/mol. The van der Waals surface area contributed by atoms with E-state index in [0.29, 0.717) is 6.04 Å². The van der Waals surface area contributed by atoms with Gasteiger partial charge < -0.3 is 9.64 Å². The topological polar surface area (TPSA) is 12.5 Å². The number of methoxy groups -OCH3 is 1. The van der Waals surface area contributed by atoms with Crippen molar-refractivity contribution in [2.24, 2.45) is 0 Å². The van der Waals surface area contributed by atoms with Crippen LogP contribution >= 0.6 is 0 Å². The predicted molar refractivity (Wildman–Crippen MR) is 77.4 cm³/mol. The second-order valence-corrected chi connectivity index (χ2v) is 6.25. The van der Waals surface area contributed by atoms with Crippen LogP contribution in [0.4, 0.5) is 5.69 Å². The quantitative estimate of drug-likeness (QED) is 0.809. The number of benzene rings is 1. The van der Waals surface area contributed by atoms with Gasteiger partial charge in [-0.1, -0.05) is 32.9 Å². The fraction of sp³-hybridized carbons (Fsp3) is 0.625. The van der Waals surface area contributed by atoms with Gasteiger partial charge in [0.25, 0.3) is 0 Å². The standard InChI is InChI=1S/C16H25NO/c1-16(2,3)13-7-5-8-14(11-13)17-10-6-9-15(17)12-18-4/h5,7-8,11,15H,6,9-10,12H2,1-4H3. The lowest BCUT2D eigenvalue weighted by Crippen LogP contribution is -2.32. The van der Waals surface area contributed by atoms with Crippen LogP contribution in [-0.4, -0.2) is 26.3 Å². The van der Waals surface area contributed by atoms with E-state index in [-0.39, 0.29) is 5.41 Å². The molecule has 1 saturated heterocycles. The first-order valence-corrected chi connectivity index (χ1v) is 6.88. The van der Waals surface area contributed by atoms with E-state index in [2.05, 4.69) is 49.9 Å². The Bertz CT molecular complexity index is 394. The van der Waals surface area contributed by atoms with E-state index in [9.17, 15) is 0 Å². The van der Waals surface area contributed by atoms with E-state index in [1.54, 1.807) is 7.11 Å². The first-order chi connectivity index (χ1) is 8.52. The average molecular weight is 247 g/mol. The lowest BCUT2D eigenvalue weighted by molar-refractivity contribution is 0.181. The minimum Gasteiger partial charge on any atom is -0.383 e. The molecule has 18 heavy (non-hydrogen) atoms. The van der Waals surface area contributed by atoms with Crippen LogP contribution in [0.3, 0.4) is 0 Å². The third kappa shape index (κ3) is 2.86. The third-order valence-corrected chi connectivity index (χ3v) is 3.78. The van der Waals surface area contributed by atoms with Crippen molar-refractivity contribution in [1.29, 1.82) is 0 Å². The second kappa shape index (κ2) is 5.31. The van der Waals surface area contributed by atoms with Crippen molar-refractivity contribution in [2.45, 2.75) is 45.1 Å². The Balaban J connectivity index is 2.22. The molecule has 2 heteroatoms. The summed E-state index contributed by atoms with van der Waals surface area (Å²) in [7, 11) is 1.79. The van der Waals surface area contributed by atoms with Gasteiger partial charge in [-0.3, -0.25) is 0 Å². The molecule has 1 aromatic rings. The number of rotatable bonds is 3. The molecule has 1 aromatic carbocycles. The lowest BCUT2D eigenvalue weighted by Gasteiger charge is -2.28. The Hall–Kier alpha value is -1.02. The SMILES string of the molecule is COCC1CCCN1c1cccc(C(C)(C)C)c1. The Kier molecular flexibility index (Phi) is 3.96. The molecule has 1 fully saturated rings. The summed E-state index contributed by atoms with van der Waals surface area (Å²) in [6, 6.07) is 9.52. The van der Waals surface area contributed by atoms with Crippen LogP contribution in [0.5, 0.6) is 0 Å². The van der Waals surface area contributed by atoms with Crippen LogP contribution in [0.25, 0.3) is 0 Å². The first-order valence-electron chi connectivity index (χ1n) is 6.88. The van der Waals surface area contributed by atoms with Gasteiger partial charge in [-0.05, 0) is 36.0 Å². The summed E-state index contributed by atoms with van der Waals surface area (Å²) in [4.78, 5) is 2.50. The molecule has 0 bridgehead atoms. The molecule has 0 aromatic heterocycles. The molecule has 1 aliphatic heterocycles. The van der Waals surface area contributed by atoms with Crippen molar-refractivity contribution in [2.75, 3.05) is 25.2 Å². The predicted octanol–water partition coefficient (Wildman–Crippen LogP) is 3.60. The van der Waals surface area contributed by atoms with Crippen LogP contribution in [0.15, 0.2) is 24.3 Å². The average Bonchev–Trinajstić information content (AvgIpc) is 2.77. The summed E-state index contributed by atoms with van der Waals surface area (Å²) in [5, 5.41) is 0. The molecule has 2 rings (SSSR count). The summed E-state index contributed by atoms with van der Waals surface area (Å²) in [6.45, 7) is 8.79. The van der Waals surface area contributed by atoms with Crippen molar-refractivity contribution in [3.8, 4) is 0 Å². The van der Waals surface area contributed by atoms with Gasteiger partial charge in [-0.15, -0.1) is 0 Å². The molecule has 100 valence electrons. The van der Waals surface area contributed by atoms with Crippen LogP contribution in [0.2, 0.25) is 0 Å². The van der Waals surface area contributed by atoms with Crippen molar-refractivity contribution >= 4 is 5.69 Å². The largest absolute Gasteiger partial charge is 0.383 e. The maximum atomic E-state index is 5.33. The summed E-state index contributed by atoms with van der Waals surface area (Å²) in [5.41, 5.74) is 2.97. The van der Waals surface area contributed by atoms with Crippen LogP contribution < -0.4 is 4.90 Å². The van der Waals surface area contributed by atoms with E-state index < -0.39 is 0 Å². The highest BCUT2D eigenvalue weighted by molar-refractivity contribution is 5.51. The lowest BCUT2D eigenvalue weighted by atomic mass is 9.87. The molecule has 0 saturated carbocycles. The van der Waals surface area contributed by atoms with Gasteiger partial charge in [0.15, 0.2) is 0 Å². The number of ether oxygens (including phenoxy) is 1. The molecule has 1 aliphatic rings. The van der Waals surface area contributed by atoms with Gasteiger partial charge in [-0.2, -0.15) is 0 Å². The Morgan fingerprint density at radius 2 is 2.11 bits per heavy atom. The molecule has 0 amide bonds. The molecule has 1 heterocycles. The number of anilines is 1. The second-order valence-electron chi connectivity index (χ2n) is 6.25. The maximum Gasteiger partial charge on any atom is 0.0666 e. The Morgan fingerprint density at radius 1 is 1.33 bits per heavy atom. The Morgan fingerprint density at radius 3 is 2.78 bits per heavy atom. The minimum absolute atomic E-state index is 0.215. The van der Waals surface area contributed by atoms with Gasteiger partial charge in [0.1, 0.15) is 0 Å². The summed E-state index contributed by atoms with van der Waals surface area (Å²) >= 11 is 0. The fourth-order valence-corrected chi connectivity index (χ4v) is 2.69. The minimum atomic E-state index is 0.215. The zero-order valence-electron chi connectivity index (χ0n) is 12.1. The van der Waals surface area contributed by atoms with Crippen molar-refractivity contribution < 1.29 is 4.74 Å². The van der Waals surface area contributed by atoms with Crippen LogP contribution in [0, 0.1) is 0 Å². The maximum absolute atomic E-state index is 5.33. The third-order valence-electron chi connectivity index (χ3n) is 3.78. The van der Waals surface area contributed by atoms with Crippen molar-refractivity contribution in [3.05, 3.63) is 29.8 Å². The fourth-order valence-electron chi connectivity index (χ4n) is 2.69. The van der Waals surface area contributed by atoms with Crippen LogP contribution in [0.1, 0.15) is 39.2 Å². The van der Waals surface area contributed by atoms with Crippen molar-refractivity contribution in [1.82, 2.24) is 0 Å². The molecule has 1 atom stereocenters. The van der Waals surface area contributed by atoms with Gasteiger partial charge in [0, 0.05) is 19.3 Å². The van der Waals surface area contributed by atoms with E-state index in [4.69, 9.17) is 4.74 Å². The molecular formula is C16H25NO. The van der Waals surface area contributed by atoms with E-state index in [1.165, 1.54) is 24.1 Å². The molecule has 0 spiro atoms. The van der Waals surface area contributed by atoms with E-state index in [1.807, 2.05) is 0 Å². The van der Waals surface area contributed by atoms with Gasteiger partial charge in [-0.25, -0.2) is 0 Å². The zero-order valence-corrected chi connectivity index (χ0v) is 12.1. The number of nitrogens with zero attached hydrogens (tertiary/aromatic N) is 1. The monoisotopic (exact) mass is 247 g/mol. The highest BCUT2D eigenvalue weighted by atomic mass is 16.5. The number of hydrogen-bond acceptors (Lipinski definition) is 2. The van der Waals surface area contributed by atoms with Gasteiger partial charge in [0.2, 0.25) is 0 Å². The smallest absolute Gasteiger partial charge is 0.0666 e. The molecule has 2 nitrogen and oxygen atoms in total. The molecule has 1 unspecified atom stereocenters. The Labute approximate surface area is 111 Å². The molecule has 0 radical (unpaired) electrons. The zero-order chi connectivity index (χ0) is 13.2. The highest BCUT2D eigenvalue weighted by Crippen LogP contribution is 2.30. The van der Waals surface area contributed by atoms with Gasteiger partial charge >= 0.3 is 0 Å². The molecule has 0 N–H and O–H groups in total. The van der Waals surface area contributed by atoms with E-state index >= 15 is 0 Å². The summed E-state index contributed by atoms with van der Waals surface area (Å²) < 4.78 is 5.33. The first kappa shape index (κ1) is 13.4. The normalized spacial score (nSPS) is 20.4. The van der Waals surface area contributed by atoms with E-state index in [0.717, 1.165) is 13.2 Å². The summed E-state index contributed by atoms with van der Waals surface area (Å²) in [6.07, 6.45) is 2.52. The molecule has 0 aliphatic carbocycles. The van der Waals surface area contributed by atoms with Gasteiger partial charge in [0.05, 0.1) is 12.6 Å². The highest BCUT2D eigenvalue weighted by Gasteiger charge is 2.25. The van der Waals surface area contributed by atoms with Crippen molar-refractivity contribution in [3.63, 3.8) is 0 Å². The van der Waals surface area contributed by atoms with Crippen LogP contribution in [-0.2, 0) is 10.2 Å². The number of hydrogen-bond donors (Lipinski definition) is 0. The summed E-state index contributed by atoms with van der Waals surface area (Å²) in [5.74, 6) is 0.